The van der Waals surface area contributed by atoms with E-state index in [4.69, 9.17) is 11.6 Å². The van der Waals surface area contributed by atoms with Gasteiger partial charge in [-0.25, -0.2) is 8.42 Å². The molecule has 0 amide bonds. The molecule has 1 aromatic heterocycles. The number of likely N-dealkylation sites (N-methyl/N-ethyl adjacent to an activating group) is 1. The molecule has 0 spiro atoms. The molecular formula is C21H24ClN3O2S2. The highest BCUT2D eigenvalue weighted by atomic mass is 35.5. The van der Waals surface area contributed by atoms with Crippen molar-refractivity contribution in [2.24, 2.45) is 0 Å². The fourth-order valence-electron chi connectivity index (χ4n) is 3.69. The highest BCUT2D eigenvalue weighted by molar-refractivity contribution is 7.94. The molecule has 1 N–H and O–H groups in total. The van der Waals surface area contributed by atoms with Crippen LogP contribution in [0.2, 0.25) is 5.02 Å². The maximum absolute atomic E-state index is 13.1. The molecule has 3 aromatic rings. The van der Waals surface area contributed by atoms with Crippen LogP contribution < -0.4 is 9.62 Å². The highest BCUT2D eigenvalue weighted by Crippen LogP contribution is 2.36. The van der Waals surface area contributed by atoms with Gasteiger partial charge >= 0.3 is 0 Å². The van der Waals surface area contributed by atoms with Crippen molar-refractivity contribution in [2.45, 2.75) is 18.1 Å². The number of thiophene rings is 1. The first-order valence-corrected chi connectivity index (χ1v) is 12.2. The van der Waals surface area contributed by atoms with E-state index in [1.54, 1.807) is 6.07 Å². The van der Waals surface area contributed by atoms with Crippen LogP contribution in [0.5, 0.6) is 0 Å². The van der Waals surface area contributed by atoms with E-state index in [9.17, 15) is 8.42 Å². The summed E-state index contributed by atoms with van der Waals surface area (Å²) in [7, 11) is -1.57. The van der Waals surface area contributed by atoms with Gasteiger partial charge in [0, 0.05) is 41.6 Å². The lowest BCUT2D eigenvalue weighted by Crippen LogP contribution is -2.44. The van der Waals surface area contributed by atoms with Crippen LogP contribution in [-0.4, -0.2) is 46.5 Å². The lowest BCUT2D eigenvalue weighted by atomic mass is 10.1. The van der Waals surface area contributed by atoms with Crippen molar-refractivity contribution < 1.29 is 8.42 Å². The molecule has 5 nitrogen and oxygen atoms in total. The Morgan fingerprint density at radius 2 is 1.76 bits per heavy atom. The average molecular weight is 450 g/mol. The molecule has 0 unspecified atom stereocenters. The molecule has 0 atom stereocenters. The van der Waals surface area contributed by atoms with E-state index >= 15 is 0 Å². The van der Waals surface area contributed by atoms with E-state index in [1.165, 1.54) is 11.3 Å². The summed E-state index contributed by atoms with van der Waals surface area (Å²) in [6.45, 7) is 7.76. The smallest absolute Gasteiger partial charge is 0.271 e. The summed E-state index contributed by atoms with van der Waals surface area (Å²) in [5.41, 5.74) is 3.54. The fraction of sp³-hybridized carbons (Fsp3) is 0.333. The minimum Gasteiger partial charge on any atom is -0.369 e. The normalized spacial score (nSPS) is 15.8. The van der Waals surface area contributed by atoms with Crippen LogP contribution in [-0.2, 0) is 10.0 Å². The fourth-order valence-corrected chi connectivity index (χ4v) is 6.66. The lowest BCUT2D eigenvalue weighted by molar-refractivity contribution is 0.312. The molecule has 4 rings (SSSR count). The second-order valence-corrected chi connectivity index (χ2v) is 10.9. The second-order valence-electron chi connectivity index (χ2n) is 7.55. The number of nitrogens with zero attached hydrogens (tertiary/aromatic N) is 2. The van der Waals surface area contributed by atoms with Crippen LogP contribution in [0.4, 0.5) is 11.4 Å². The quantitative estimate of drug-likeness (QED) is 0.625. The molecule has 154 valence electrons. The zero-order valence-electron chi connectivity index (χ0n) is 16.7. The molecule has 2 aromatic carbocycles. The topological polar surface area (TPSA) is 52.7 Å². The predicted molar refractivity (Wildman–Crippen MR) is 123 cm³/mol. The van der Waals surface area contributed by atoms with Crippen molar-refractivity contribution in [3.8, 4) is 0 Å². The Kier molecular flexibility index (Phi) is 5.50. The van der Waals surface area contributed by atoms with E-state index < -0.39 is 10.0 Å². The van der Waals surface area contributed by atoms with Gasteiger partial charge in [0.1, 0.15) is 4.21 Å². The Morgan fingerprint density at radius 3 is 2.48 bits per heavy atom. The molecule has 1 saturated heterocycles. The van der Waals surface area contributed by atoms with Gasteiger partial charge in [-0.1, -0.05) is 17.7 Å². The number of hydrogen-bond acceptors (Lipinski definition) is 5. The van der Waals surface area contributed by atoms with Crippen LogP contribution in [0.25, 0.3) is 10.1 Å². The number of anilines is 2. The molecular weight excluding hydrogens is 426 g/mol. The standard InChI is InChI=1S/C21H24ClN3O2S2/c1-14-4-6-17(13-19(14)25-10-8-24(3)9-11-25)23-29(26,27)21-15(2)18-12-16(22)5-7-20(18)28-21/h4-7,12-13,23H,8-11H2,1-3H3. The Labute approximate surface area is 180 Å². The van der Waals surface area contributed by atoms with E-state index in [-0.39, 0.29) is 0 Å². The van der Waals surface area contributed by atoms with Crippen molar-refractivity contribution in [3.63, 3.8) is 0 Å². The van der Waals surface area contributed by atoms with Gasteiger partial charge in [-0.05, 0) is 67.7 Å². The van der Waals surface area contributed by atoms with Gasteiger partial charge in [-0.3, -0.25) is 4.72 Å². The van der Waals surface area contributed by atoms with Crippen molar-refractivity contribution in [2.75, 3.05) is 42.8 Å². The summed E-state index contributed by atoms with van der Waals surface area (Å²) in [6.07, 6.45) is 0. The number of piperazine rings is 1. The Bertz CT molecular complexity index is 1170. The Hall–Kier alpha value is -1.80. The summed E-state index contributed by atoms with van der Waals surface area (Å²) in [6, 6.07) is 11.2. The molecule has 0 aliphatic carbocycles. The molecule has 29 heavy (non-hydrogen) atoms. The van der Waals surface area contributed by atoms with Gasteiger partial charge in [0.15, 0.2) is 0 Å². The molecule has 0 bridgehead atoms. The Balaban J connectivity index is 1.65. The van der Waals surface area contributed by atoms with Crippen LogP contribution in [0, 0.1) is 13.8 Å². The van der Waals surface area contributed by atoms with E-state index in [2.05, 4.69) is 28.5 Å². The Morgan fingerprint density at radius 1 is 1.03 bits per heavy atom. The van der Waals surface area contributed by atoms with E-state index in [0.717, 1.165) is 53.1 Å². The van der Waals surface area contributed by atoms with Crippen LogP contribution in [0.15, 0.2) is 40.6 Å². The number of fused-ring (bicyclic) bond motifs is 1. The van der Waals surface area contributed by atoms with Gasteiger partial charge < -0.3 is 9.80 Å². The monoisotopic (exact) mass is 449 g/mol. The highest BCUT2D eigenvalue weighted by Gasteiger charge is 2.23. The number of halogens is 1. The number of sulfonamides is 1. The minimum absolute atomic E-state index is 0.330. The second kappa shape index (κ2) is 7.80. The number of hydrogen-bond donors (Lipinski definition) is 1. The van der Waals surface area contributed by atoms with Crippen molar-refractivity contribution in [1.82, 2.24) is 4.90 Å². The first kappa shape index (κ1) is 20.5. The summed E-state index contributed by atoms with van der Waals surface area (Å²) in [4.78, 5) is 4.62. The molecule has 1 fully saturated rings. The maximum atomic E-state index is 13.1. The van der Waals surface area contributed by atoms with Gasteiger partial charge in [-0.2, -0.15) is 0 Å². The first-order chi connectivity index (χ1) is 13.7. The summed E-state index contributed by atoms with van der Waals surface area (Å²) < 4.78 is 30.3. The maximum Gasteiger partial charge on any atom is 0.271 e. The lowest BCUT2D eigenvalue weighted by Gasteiger charge is -2.35. The molecule has 8 heteroatoms. The SMILES string of the molecule is Cc1ccc(NS(=O)(=O)c2sc3ccc(Cl)cc3c2C)cc1N1CCN(C)CC1. The molecule has 0 radical (unpaired) electrons. The zero-order chi connectivity index (χ0) is 20.8. The van der Waals surface area contributed by atoms with Crippen LogP contribution in [0.1, 0.15) is 11.1 Å². The zero-order valence-corrected chi connectivity index (χ0v) is 19.1. The van der Waals surface area contributed by atoms with Gasteiger partial charge in [0.25, 0.3) is 10.0 Å². The molecule has 0 saturated carbocycles. The molecule has 2 heterocycles. The van der Waals surface area contributed by atoms with Crippen molar-refractivity contribution in [3.05, 3.63) is 52.5 Å². The van der Waals surface area contributed by atoms with Gasteiger partial charge in [-0.15, -0.1) is 11.3 Å². The largest absolute Gasteiger partial charge is 0.369 e. The first-order valence-electron chi connectivity index (χ1n) is 9.50. The summed E-state index contributed by atoms with van der Waals surface area (Å²) in [5, 5.41) is 1.48. The molecule has 1 aliphatic rings. The molecule has 1 aliphatic heterocycles. The van der Waals surface area contributed by atoms with Crippen molar-refractivity contribution in [1.29, 1.82) is 0 Å². The number of rotatable bonds is 4. The summed E-state index contributed by atoms with van der Waals surface area (Å²) in [5.74, 6) is 0. The average Bonchev–Trinajstić information content (AvgIpc) is 3.01. The van der Waals surface area contributed by atoms with E-state index in [0.29, 0.717) is 14.9 Å². The number of nitrogens with one attached hydrogen (secondary N) is 1. The third kappa shape index (κ3) is 4.10. The third-order valence-electron chi connectivity index (χ3n) is 5.40. The van der Waals surface area contributed by atoms with Gasteiger partial charge in [0.05, 0.1) is 5.69 Å². The van der Waals surface area contributed by atoms with Crippen LogP contribution in [0.3, 0.4) is 0 Å². The third-order valence-corrected chi connectivity index (χ3v) is 8.91. The van der Waals surface area contributed by atoms with Crippen molar-refractivity contribution >= 4 is 54.4 Å². The minimum atomic E-state index is -3.69. The van der Waals surface area contributed by atoms with Gasteiger partial charge in [0.2, 0.25) is 0 Å². The summed E-state index contributed by atoms with van der Waals surface area (Å²) >= 11 is 7.36. The number of aryl methyl sites for hydroxylation is 2. The predicted octanol–water partition coefficient (Wildman–Crippen LogP) is 4.72. The number of benzene rings is 2. The van der Waals surface area contributed by atoms with E-state index in [1.807, 2.05) is 37.3 Å². The van der Waals surface area contributed by atoms with Crippen LogP contribution >= 0.6 is 22.9 Å².